The summed E-state index contributed by atoms with van der Waals surface area (Å²) in [5.74, 6) is 0.0994. The zero-order chi connectivity index (χ0) is 17.4. The molecule has 1 atom stereocenters. The second kappa shape index (κ2) is 6.20. The lowest BCUT2D eigenvalue weighted by atomic mass is 9.77. The largest absolute Gasteiger partial charge is 0.508 e. The molecule has 1 amide bonds. The van der Waals surface area contributed by atoms with Crippen molar-refractivity contribution in [3.63, 3.8) is 0 Å². The number of ketones is 1. The van der Waals surface area contributed by atoms with Crippen LogP contribution in [0.2, 0.25) is 0 Å². The first-order valence-corrected chi connectivity index (χ1v) is 8.58. The highest BCUT2D eigenvalue weighted by Crippen LogP contribution is 2.43. The summed E-state index contributed by atoms with van der Waals surface area (Å²) in [5, 5.41) is 9.53. The van der Waals surface area contributed by atoms with Crippen LogP contribution in [0.4, 0.5) is 5.69 Å². The van der Waals surface area contributed by atoms with E-state index in [4.69, 9.17) is 0 Å². The highest BCUT2D eigenvalue weighted by molar-refractivity contribution is 6.07. The number of phenols is 1. The van der Waals surface area contributed by atoms with Crippen LogP contribution < -0.4 is 4.90 Å². The van der Waals surface area contributed by atoms with Gasteiger partial charge in [-0.1, -0.05) is 30.3 Å². The molecule has 0 fully saturated rings. The van der Waals surface area contributed by atoms with Crippen LogP contribution in [-0.4, -0.2) is 16.8 Å². The minimum absolute atomic E-state index is 0.0118. The number of rotatable bonds is 2. The number of carbonyl (C=O) groups excluding carboxylic acids is 2. The molecular weight excluding hydrogens is 314 g/mol. The topological polar surface area (TPSA) is 57.6 Å². The molecule has 2 aromatic carbocycles. The van der Waals surface area contributed by atoms with Gasteiger partial charge in [0.05, 0.1) is 0 Å². The summed E-state index contributed by atoms with van der Waals surface area (Å²) in [6.07, 6.45) is 2.31. The number of anilines is 1. The van der Waals surface area contributed by atoms with Gasteiger partial charge in [0.1, 0.15) is 5.75 Å². The molecule has 25 heavy (non-hydrogen) atoms. The second-order valence-electron chi connectivity index (χ2n) is 6.55. The van der Waals surface area contributed by atoms with E-state index in [0.717, 1.165) is 35.4 Å². The Bertz CT molecular complexity index is 852. The van der Waals surface area contributed by atoms with Crippen molar-refractivity contribution in [2.24, 2.45) is 0 Å². The fourth-order valence-electron chi connectivity index (χ4n) is 3.86. The fraction of sp³-hybridized carbons (Fsp3) is 0.238. The Hall–Kier alpha value is -2.88. The van der Waals surface area contributed by atoms with Crippen LogP contribution in [-0.2, 0) is 9.59 Å². The van der Waals surface area contributed by atoms with E-state index in [9.17, 15) is 14.7 Å². The number of carbonyl (C=O) groups is 2. The Morgan fingerprint density at radius 1 is 0.920 bits per heavy atom. The minimum atomic E-state index is -0.226. The molecule has 0 bridgehead atoms. The molecule has 1 aliphatic heterocycles. The summed E-state index contributed by atoms with van der Waals surface area (Å²) < 4.78 is 0. The van der Waals surface area contributed by atoms with E-state index in [1.807, 2.05) is 30.3 Å². The van der Waals surface area contributed by atoms with E-state index in [2.05, 4.69) is 0 Å². The molecule has 4 nitrogen and oxygen atoms in total. The number of benzene rings is 2. The minimum Gasteiger partial charge on any atom is -0.508 e. The van der Waals surface area contributed by atoms with E-state index < -0.39 is 0 Å². The smallest absolute Gasteiger partial charge is 0.232 e. The van der Waals surface area contributed by atoms with Crippen LogP contribution in [0.3, 0.4) is 0 Å². The second-order valence-corrected chi connectivity index (χ2v) is 6.55. The summed E-state index contributed by atoms with van der Waals surface area (Å²) in [5.41, 5.74) is 3.33. The van der Waals surface area contributed by atoms with Gasteiger partial charge < -0.3 is 5.11 Å². The van der Waals surface area contributed by atoms with Crippen LogP contribution in [0.15, 0.2) is 65.9 Å². The highest BCUT2D eigenvalue weighted by atomic mass is 16.3. The Morgan fingerprint density at radius 2 is 1.64 bits per heavy atom. The SMILES string of the molecule is O=C1CCCC2=C1C(c1ccc(O)cc1)CC(=O)N2c1ccccc1. The maximum absolute atomic E-state index is 12.9. The quantitative estimate of drug-likeness (QED) is 0.906. The van der Waals surface area contributed by atoms with Gasteiger partial charge in [0, 0.05) is 35.7 Å². The van der Waals surface area contributed by atoms with Crippen LogP contribution in [0.1, 0.15) is 37.2 Å². The van der Waals surface area contributed by atoms with Crippen molar-refractivity contribution in [2.75, 3.05) is 4.90 Å². The molecule has 0 saturated heterocycles. The molecule has 1 unspecified atom stereocenters. The standard InChI is InChI=1S/C21H19NO3/c23-16-11-9-14(10-12-16)17-13-20(25)22(15-5-2-1-3-6-15)18-7-4-8-19(24)21(17)18/h1-3,5-6,9-12,17,23H,4,7-8,13H2. The molecule has 4 heteroatoms. The van der Waals surface area contributed by atoms with E-state index in [1.165, 1.54) is 0 Å². The third kappa shape index (κ3) is 2.74. The molecule has 126 valence electrons. The van der Waals surface area contributed by atoms with Crippen molar-refractivity contribution in [3.8, 4) is 5.75 Å². The molecule has 0 saturated carbocycles. The maximum atomic E-state index is 12.9. The molecule has 0 spiro atoms. The molecule has 0 aromatic heterocycles. The number of aromatic hydroxyl groups is 1. The Balaban J connectivity index is 1.85. The van der Waals surface area contributed by atoms with Crippen molar-refractivity contribution >= 4 is 17.4 Å². The molecular formula is C21H19NO3. The molecule has 2 aromatic rings. The van der Waals surface area contributed by atoms with Crippen molar-refractivity contribution in [2.45, 2.75) is 31.6 Å². The van der Waals surface area contributed by atoms with Crippen molar-refractivity contribution < 1.29 is 14.7 Å². The zero-order valence-corrected chi connectivity index (χ0v) is 13.8. The number of para-hydroxylation sites is 1. The van der Waals surface area contributed by atoms with Crippen molar-refractivity contribution in [1.82, 2.24) is 0 Å². The molecule has 1 aliphatic carbocycles. The average Bonchev–Trinajstić information content (AvgIpc) is 2.62. The van der Waals surface area contributed by atoms with Gasteiger partial charge in [0.2, 0.25) is 5.91 Å². The summed E-state index contributed by atoms with van der Waals surface area (Å²) in [6, 6.07) is 16.4. The van der Waals surface area contributed by atoms with E-state index in [1.54, 1.807) is 29.2 Å². The van der Waals surface area contributed by atoms with E-state index in [0.29, 0.717) is 6.42 Å². The lowest BCUT2D eigenvalue weighted by molar-refractivity contribution is -0.119. The average molecular weight is 333 g/mol. The number of Topliss-reactive ketones (excluding diaryl/α,β-unsaturated/α-hetero) is 1. The van der Waals surface area contributed by atoms with Gasteiger partial charge in [-0.05, 0) is 42.7 Å². The molecule has 1 heterocycles. The lowest BCUT2D eigenvalue weighted by Crippen LogP contribution is -2.40. The van der Waals surface area contributed by atoms with Crippen LogP contribution in [0, 0.1) is 0 Å². The first-order valence-electron chi connectivity index (χ1n) is 8.58. The van der Waals surface area contributed by atoms with Gasteiger partial charge in [-0.2, -0.15) is 0 Å². The number of hydrogen-bond donors (Lipinski definition) is 1. The molecule has 4 rings (SSSR count). The summed E-state index contributed by atoms with van der Waals surface area (Å²) in [6.45, 7) is 0. The van der Waals surface area contributed by atoms with Crippen molar-refractivity contribution in [3.05, 3.63) is 71.4 Å². The van der Waals surface area contributed by atoms with Crippen LogP contribution >= 0.6 is 0 Å². The summed E-state index contributed by atoms with van der Waals surface area (Å²) in [4.78, 5) is 27.4. The van der Waals surface area contributed by atoms with Gasteiger partial charge >= 0.3 is 0 Å². The Morgan fingerprint density at radius 3 is 2.36 bits per heavy atom. The molecule has 2 aliphatic rings. The summed E-state index contributed by atoms with van der Waals surface area (Å²) in [7, 11) is 0. The lowest BCUT2D eigenvalue weighted by Gasteiger charge is -2.38. The van der Waals surface area contributed by atoms with Crippen LogP contribution in [0.5, 0.6) is 5.75 Å². The fourth-order valence-corrected chi connectivity index (χ4v) is 3.86. The number of amides is 1. The van der Waals surface area contributed by atoms with Crippen LogP contribution in [0.25, 0.3) is 0 Å². The predicted molar refractivity (Wildman–Crippen MR) is 95.3 cm³/mol. The predicted octanol–water partition coefficient (Wildman–Crippen LogP) is 3.92. The third-order valence-corrected chi connectivity index (χ3v) is 4.99. The zero-order valence-electron chi connectivity index (χ0n) is 13.8. The normalized spacial score (nSPS) is 20.6. The number of nitrogens with zero attached hydrogens (tertiary/aromatic N) is 1. The third-order valence-electron chi connectivity index (χ3n) is 4.99. The maximum Gasteiger partial charge on any atom is 0.232 e. The van der Waals surface area contributed by atoms with Gasteiger partial charge in [0.25, 0.3) is 0 Å². The summed E-state index contributed by atoms with van der Waals surface area (Å²) >= 11 is 0. The van der Waals surface area contributed by atoms with Gasteiger partial charge in [-0.25, -0.2) is 0 Å². The van der Waals surface area contributed by atoms with E-state index >= 15 is 0 Å². The van der Waals surface area contributed by atoms with E-state index in [-0.39, 0.29) is 29.8 Å². The Labute approximate surface area is 146 Å². The number of hydrogen-bond acceptors (Lipinski definition) is 3. The molecule has 0 radical (unpaired) electrons. The monoisotopic (exact) mass is 333 g/mol. The van der Waals surface area contributed by atoms with Gasteiger partial charge in [-0.15, -0.1) is 0 Å². The molecule has 1 N–H and O–H groups in total. The van der Waals surface area contributed by atoms with Gasteiger partial charge in [-0.3, -0.25) is 14.5 Å². The number of allylic oxidation sites excluding steroid dienone is 2. The van der Waals surface area contributed by atoms with Gasteiger partial charge in [0.15, 0.2) is 5.78 Å². The Kier molecular flexibility index (Phi) is 3.88. The highest BCUT2D eigenvalue weighted by Gasteiger charge is 2.39. The number of phenolic OH excluding ortho intramolecular Hbond substituents is 1. The first kappa shape index (κ1) is 15.6. The van der Waals surface area contributed by atoms with Crippen molar-refractivity contribution in [1.29, 1.82) is 0 Å². The first-order chi connectivity index (χ1) is 12.1.